The number of nitrogens with one attached hydrogen (secondary N) is 1. The molecule has 27 heavy (non-hydrogen) atoms. The summed E-state index contributed by atoms with van der Waals surface area (Å²) in [6, 6.07) is 12.5. The SMILES string of the molecule is CN(c1ccc2c(c1)CCC[C@H]2CNC(=O)OC(C)(C)C)c1ccccn1. The van der Waals surface area contributed by atoms with Gasteiger partial charge in [-0.25, -0.2) is 9.78 Å². The maximum atomic E-state index is 12.0. The highest BCUT2D eigenvalue weighted by atomic mass is 16.6. The zero-order chi connectivity index (χ0) is 19.4. The second-order valence-corrected chi connectivity index (χ2v) is 8.10. The minimum Gasteiger partial charge on any atom is -0.444 e. The summed E-state index contributed by atoms with van der Waals surface area (Å²) in [4.78, 5) is 18.5. The Balaban J connectivity index is 1.70. The summed E-state index contributed by atoms with van der Waals surface area (Å²) in [6.07, 6.45) is 4.74. The molecule has 1 aliphatic carbocycles. The van der Waals surface area contributed by atoms with Gasteiger partial charge in [-0.15, -0.1) is 0 Å². The maximum absolute atomic E-state index is 12.0. The summed E-state index contributed by atoms with van der Waals surface area (Å²) in [6.45, 7) is 6.24. The molecule has 1 aromatic carbocycles. The van der Waals surface area contributed by atoms with Gasteiger partial charge in [0.1, 0.15) is 11.4 Å². The second-order valence-electron chi connectivity index (χ2n) is 8.10. The van der Waals surface area contributed by atoms with Crippen LogP contribution in [0.15, 0.2) is 42.6 Å². The molecule has 1 heterocycles. The van der Waals surface area contributed by atoms with Crippen molar-refractivity contribution in [3.8, 4) is 0 Å². The van der Waals surface area contributed by atoms with E-state index in [1.807, 2.05) is 52.2 Å². The number of aryl methyl sites for hydroxylation is 1. The number of ether oxygens (including phenoxy) is 1. The van der Waals surface area contributed by atoms with Crippen LogP contribution in [0, 0.1) is 0 Å². The number of anilines is 2. The molecule has 2 aromatic rings. The highest BCUT2D eigenvalue weighted by molar-refractivity contribution is 5.68. The Morgan fingerprint density at radius 3 is 2.81 bits per heavy atom. The third-order valence-corrected chi connectivity index (χ3v) is 4.84. The van der Waals surface area contributed by atoms with E-state index in [1.165, 1.54) is 11.1 Å². The number of hydrogen-bond donors (Lipinski definition) is 1. The molecule has 0 radical (unpaired) electrons. The van der Waals surface area contributed by atoms with Gasteiger partial charge >= 0.3 is 6.09 Å². The molecule has 5 nitrogen and oxygen atoms in total. The molecule has 0 unspecified atom stereocenters. The third-order valence-electron chi connectivity index (χ3n) is 4.84. The van der Waals surface area contributed by atoms with Gasteiger partial charge in [-0.1, -0.05) is 12.1 Å². The summed E-state index contributed by atoms with van der Waals surface area (Å²) in [7, 11) is 2.04. The van der Waals surface area contributed by atoms with Crippen LogP contribution in [0.4, 0.5) is 16.3 Å². The predicted molar refractivity (Wildman–Crippen MR) is 109 cm³/mol. The Labute approximate surface area is 161 Å². The molecule has 0 saturated heterocycles. The highest BCUT2D eigenvalue weighted by Gasteiger charge is 2.23. The number of alkyl carbamates (subject to hydrolysis) is 1. The van der Waals surface area contributed by atoms with E-state index in [4.69, 9.17) is 4.74 Å². The molecule has 1 atom stereocenters. The van der Waals surface area contributed by atoms with Crippen LogP contribution in [0.1, 0.15) is 50.7 Å². The van der Waals surface area contributed by atoms with Crippen LogP contribution >= 0.6 is 0 Å². The molecular weight excluding hydrogens is 338 g/mol. The lowest BCUT2D eigenvalue weighted by Gasteiger charge is -2.28. The van der Waals surface area contributed by atoms with E-state index in [-0.39, 0.29) is 6.09 Å². The normalized spacial score (nSPS) is 16.4. The van der Waals surface area contributed by atoms with Gasteiger partial charge in [0.05, 0.1) is 0 Å². The number of carbonyl (C=O) groups is 1. The predicted octanol–water partition coefficient (Wildman–Crippen LogP) is 4.79. The molecule has 1 N–H and O–H groups in total. The second kappa shape index (κ2) is 7.99. The van der Waals surface area contributed by atoms with Gasteiger partial charge in [-0.3, -0.25) is 0 Å². The number of aromatic nitrogens is 1. The van der Waals surface area contributed by atoms with Gasteiger partial charge in [0.2, 0.25) is 0 Å². The number of amides is 1. The summed E-state index contributed by atoms with van der Waals surface area (Å²) >= 11 is 0. The van der Waals surface area contributed by atoms with E-state index in [0.717, 1.165) is 30.8 Å². The van der Waals surface area contributed by atoms with Crippen molar-refractivity contribution in [3.63, 3.8) is 0 Å². The average Bonchev–Trinajstić information content (AvgIpc) is 2.64. The molecule has 144 valence electrons. The first kappa shape index (κ1) is 19.2. The number of fused-ring (bicyclic) bond motifs is 1. The highest BCUT2D eigenvalue weighted by Crippen LogP contribution is 2.34. The fraction of sp³-hybridized carbons (Fsp3) is 0.455. The van der Waals surface area contributed by atoms with Crippen molar-refractivity contribution in [2.24, 2.45) is 0 Å². The van der Waals surface area contributed by atoms with Gasteiger partial charge in [-0.2, -0.15) is 0 Å². The van der Waals surface area contributed by atoms with Crippen molar-refractivity contribution >= 4 is 17.6 Å². The molecule has 0 spiro atoms. The molecule has 1 amide bonds. The lowest BCUT2D eigenvalue weighted by molar-refractivity contribution is 0.0523. The minimum atomic E-state index is -0.473. The first-order chi connectivity index (χ1) is 12.8. The largest absolute Gasteiger partial charge is 0.444 e. The molecule has 1 aliphatic rings. The standard InChI is InChI=1S/C22H29N3O2/c1-22(2,3)27-21(26)24-15-17-9-7-8-16-14-18(11-12-19(16)17)25(4)20-10-5-6-13-23-20/h5-6,10-14,17H,7-9,15H2,1-4H3,(H,24,26)/t17-/m0/s1. The fourth-order valence-electron chi connectivity index (χ4n) is 3.53. The van der Waals surface area contributed by atoms with E-state index < -0.39 is 5.60 Å². The molecular formula is C22H29N3O2. The van der Waals surface area contributed by atoms with Gasteiger partial charge in [0.15, 0.2) is 0 Å². The van der Waals surface area contributed by atoms with E-state index in [0.29, 0.717) is 12.5 Å². The van der Waals surface area contributed by atoms with E-state index in [1.54, 1.807) is 0 Å². The van der Waals surface area contributed by atoms with E-state index >= 15 is 0 Å². The number of benzene rings is 1. The van der Waals surface area contributed by atoms with Crippen LogP contribution in [0.5, 0.6) is 0 Å². The van der Waals surface area contributed by atoms with E-state index in [2.05, 4.69) is 33.4 Å². The van der Waals surface area contributed by atoms with Crippen molar-refractivity contribution in [1.82, 2.24) is 10.3 Å². The van der Waals surface area contributed by atoms with Crippen LogP contribution in [-0.4, -0.2) is 30.3 Å². The van der Waals surface area contributed by atoms with Crippen LogP contribution in [0.25, 0.3) is 0 Å². The van der Waals surface area contributed by atoms with Crippen molar-refractivity contribution in [3.05, 3.63) is 53.7 Å². The monoisotopic (exact) mass is 367 g/mol. The van der Waals surface area contributed by atoms with Gasteiger partial charge in [0.25, 0.3) is 0 Å². The molecule has 5 heteroatoms. The number of rotatable bonds is 4. The summed E-state index contributed by atoms with van der Waals surface area (Å²) < 4.78 is 5.35. The van der Waals surface area contributed by atoms with Crippen LogP contribution in [0.3, 0.4) is 0 Å². The van der Waals surface area contributed by atoms with Crippen molar-refractivity contribution in [2.45, 2.75) is 51.6 Å². The first-order valence-electron chi connectivity index (χ1n) is 9.58. The topological polar surface area (TPSA) is 54.5 Å². The van der Waals surface area contributed by atoms with Crippen LogP contribution < -0.4 is 10.2 Å². The molecule has 1 aromatic heterocycles. The smallest absolute Gasteiger partial charge is 0.407 e. The average molecular weight is 367 g/mol. The van der Waals surface area contributed by atoms with Crippen molar-refractivity contribution in [1.29, 1.82) is 0 Å². The summed E-state index contributed by atoms with van der Waals surface area (Å²) in [5.74, 6) is 1.26. The molecule has 0 fully saturated rings. The Hall–Kier alpha value is -2.56. The molecule has 3 rings (SSSR count). The van der Waals surface area contributed by atoms with Crippen molar-refractivity contribution in [2.75, 3.05) is 18.5 Å². The molecule has 0 bridgehead atoms. The number of pyridine rings is 1. The fourth-order valence-corrected chi connectivity index (χ4v) is 3.53. The Morgan fingerprint density at radius 1 is 1.30 bits per heavy atom. The minimum absolute atomic E-state index is 0.329. The summed E-state index contributed by atoms with van der Waals surface area (Å²) in [5, 5.41) is 2.93. The Bertz CT molecular complexity index is 784. The van der Waals surface area contributed by atoms with E-state index in [9.17, 15) is 4.79 Å². The van der Waals surface area contributed by atoms with Gasteiger partial charge in [-0.05, 0) is 75.4 Å². The molecule has 0 saturated carbocycles. The number of carbonyl (C=O) groups excluding carboxylic acids is 1. The maximum Gasteiger partial charge on any atom is 0.407 e. The quantitative estimate of drug-likeness (QED) is 0.844. The first-order valence-corrected chi connectivity index (χ1v) is 9.58. The van der Waals surface area contributed by atoms with Crippen LogP contribution in [-0.2, 0) is 11.2 Å². The number of hydrogen-bond acceptors (Lipinski definition) is 4. The summed E-state index contributed by atoms with van der Waals surface area (Å²) in [5.41, 5.74) is 3.35. The zero-order valence-electron chi connectivity index (χ0n) is 16.7. The number of nitrogens with zero attached hydrogens (tertiary/aromatic N) is 2. The Kier molecular flexibility index (Phi) is 5.68. The van der Waals surface area contributed by atoms with Crippen molar-refractivity contribution < 1.29 is 9.53 Å². The Morgan fingerprint density at radius 2 is 2.11 bits per heavy atom. The lowest BCUT2D eigenvalue weighted by atomic mass is 9.82. The van der Waals surface area contributed by atoms with Gasteiger partial charge in [0, 0.05) is 31.4 Å². The zero-order valence-corrected chi connectivity index (χ0v) is 16.7. The van der Waals surface area contributed by atoms with Gasteiger partial charge < -0.3 is 15.0 Å². The lowest BCUT2D eigenvalue weighted by Crippen LogP contribution is -2.35. The molecule has 0 aliphatic heterocycles. The third kappa shape index (κ3) is 5.00. The van der Waals surface area contributed by atoms with Crippen LogP contribution in [0.2, 0.25) is 0 Å².